The molecule has 0 radical (unpaired) electrons. The van der Waals surface area contributed by atoms with E-state index in [0.717, 1.165) is 32.6 Å². The number of aliphatic hydroxyl groups excluding tert-OH is 1. The van der Waals surface area contributed by atoms with Gasteiger partial charge in [-0.3, -0.25) is 4.90 Å². The molecule has 4 heteroatoms. The van der Waals surface area contributed by atoms with E-state index in [0.29, 0.717) is 5.92 Å². The van der Waals surface area contributed by atoms with Gasteiger partial charge < -0.3 is 15.7 Å². The van der Waals surface area contributed by atoms with Crippen molar-refractivity contribution in [1.29, 1.82) is 0 Å². The fraction of sp³-hybridized carbons (Fsp3) is 1.00. The minimum atomic E-state index is 0.0633. The fourth-order valence-electron chi connectivity index (χ4n) is 2.32. The summed E-state index contributed by atoms with van der Waals surface area (Å²) in [6.45, 7) is 8.70. The molecule has 0 amide bonds. The number of likely N-dealkylation sites (N-methyl/N-ethyl adjacent to an activating group) is 1. The van der Waals surface area contributed by atoms with Crippen LogP contribution in [0, 0.1) is 5.92 Å². The summed E-state index contributed by atoms with van der Waals surface area (Å²) < 4.78 is 0. The Morgan fingerprint density at radius 3 is 2.44 bits per heavy atom. The minimum absolute atomic E-state index is 0.0633. The van der Waals surface area contributed by atoms with Crippen molar-refractivity contribution in [2.45, 2.75) is 32.4 Å². The summed E-state index contributed by atoms with van der Waals surface area (Å²) >= 11 is 0. The molecule has 0 aromatic heterocycles. The first-order valence-corrected chi connectivity index (χ1v) is 6.35. The highest BCUT2D eigenvalue weighted by molar-refractivity contribution is 4.85. The van der Waals surface area contributed by atoms with Gasteiger partial charge in [0.1, 0.15) is 0 Å². The second-order valence-electron chi connectivity index (χ2n) is 5.26. The maximum Gasteiger partial charge on any atom is 0.0602 e. The van der Waals surface area contributed by atoms with Crippen molar-refractivity contribution in [2.75, 3.05) is 39.8 Å². The normalized spacial score (nSPS) is 24.4. The van der Waals surface area contributed by atoms with Crippen molar-refractivity contribution in [2.24, 2.45) is 11.7 Å². The van der Waals surface area contributed by atoms with Crippen LogP contribution >= 0.6 is 0 Å². The largest absolute Gasteiger partial charge is 0.395 e. The summed E-state index contributed by atoms with van der Waals surface area (Å²) in [7, 11) is 2.15. The Kier molecular flexibility index (Phi) is 5.69. The maximum absolute atomic E-state index is 9.52. The van der Waals surface area contributed by atoms with Gasteiger partial charge in [0, 0.05) is 25.2 Å². The highest BCUT2D eigenvalue weighted by Crippen LogP contribution is 2.13. The molecule has 0 aromatic rings. The molecule has 1 rings (SSSR count). The first-order chi connectivity index (χ1) is 7.56. The molecule has 0 spiro atoms. The molecule has 3 N–H and O–H groups in total. The van der Waals surface area contributed by atoms with Gasteiger partial charge >= 0.3 is 0 Å². The predicted molar refractivity (Wildman–Crippen MR) is 67.4 cm³/mol. The van der Waals surface area contributed by atoms with Crippen molar-refractivity contribution in [3.63, 3.8) is 0 Å². The third-order valence-electron chi connectivity index (χ3n) is 3.62. The lowest BCUT2D eigenvalue weighted by molar-refractivity contribution is 0.0948. The van der Waals surface area contributed by atoms with Gasteiger partial charge in [-0.2, -0.15) is 0 Å². The van der Waals surface area contributed by atoms with Gasteiger partial charge in [0.15, 0.2) is 0 Å². The van der Waals surface area contributed by atoms with Gasteiger partial charge in [0.2, 0.25) is 0 Å². The van der Waals surface area contributed by atoms with Crippen LogP contribution in [0.15, 0.2) is 0 Å². The number of hydrogen-bond donors (Lipinski definition) is 2. The van der Waals surface area contributed by atoms with Crippen molar-refractivity contribution in [3.05, 3.63) is 0 Å². The van der Waals surface area contributed by atoms with Gasteiger partial charge in [-0.05, 0) is 32.5 Å². The van der Waals surface area contributed by atoms with Crippen molar-refractivity contribution < 1.29 is 5.11 Å². The molecule has 1 aliphatic heterocycles. The third-order valence-corrected chi connectivity index (χ3v) is 3.62. The second kappa shape index (κ2) is 6.55. The molecule has 0 aromatic carbocycles. The van der Waals surface area contributed by atoms with Gasteiger partial charge in [-0.25, -0.2) is 0 Å². The van der Waals surface area contributed by atoms with E-state index in [-0.39, 0.29) is 18.7 Å². The Balaban J connectivity index is 2.57. The second-order valence-corrected chi connectivity index (χ2v) is 5.26. The molecular weight excluding hydrogens is 202 g/mol. The SMILES string of the molecule is CC(C)C(N)C(CO)N1CCCN(C)CC1. The van der Waals surface area contributed by atoms with Crippen LogP contribution in [0.4, 0.5) is 0 Å². The molecule has 96 valence electrons. The lowest BCUT2D eigenvalue weighted by atomic mass is 9.96. The van der Waals surface area contributed by atoms with Crippen molar-refractivity contribution in [1.82, 2.24) is 9.80 Å². The van der Waals surface area contributed by atoms with Gasteiger partial charge in [-0.15, -0.1) is 0 Å². The highest BCUT2D eigenvalue weighted by Gasteiger charge is 2.27. The summed E-state index contributed by atoms with van der Waals surface area (Å²) in [5.41, 5.74) is 6.17. The Morgan fingerprint density at radius 2 is 1.88 bits per heavy atom. The van der Waals surface area contributed by atoms with Crippen LogP contribution in [0.2, 0.25) is 0 Å². The highest BCUT2D eigenvalue weighted by atomic mass is 16.3. The Hall–Kier alpha value is -0.160. The molecule has 16 heavy (non-hydrogen) atoms. The van der Waals surface area contributed by atoms with Crippen molar-refractivity contribution >= 4 is 0 Å². The topological polar surface area (TPSA) is 52.7 Å². The standard InChI is InChI=1S/C12H27N3O/c1-10(2)12(13)11(9-16)15-6-4-5-14(3)7-8-15/h10-12,16H,4-9,13H2,1-3H3. The lowest BCUT2D eigenvalue weighted by Crippen LogP contribution is -2.53. The first-order valence-electron chi connectivity index (χ1n) is 6.35. The predicted octanol–water partition coefficient (Wildman–Crippen LogP) is -0.0319. The number of nitrogens with zero attached hydrogens (tertiary/aromatic N) is 2. The monoisotopic (exact) mass is 229 g/mol. The lowest BCUT2D eigenvalue weighted by Gasteiger charge is -2.35. The van der Waals surface area contributed by atoms with Crippen molar-refractivity contribution in [3.8, 4) is 0 Å². The molecule has 2 atom stereocenters. The number of nitrogens with two attached hydrogens (primary N) is 1. The maximum atomic E-state index is 9.52. The van der Waals surface area contributed by atoms with E-state index < -0.39 is 0 Å². The molecule has 0 saturated carbocycles. The van der Waals surface area contributed by atoms with Crippen LogP contribution in [0.5, 0.6) is 0 Å². The number of aliphatic hydroxyl groups is 1. The molecular formula is C12H27N3O. The van der Waals surface area contributed by atoms with E-state index in [9.17, 15) is 5.11 Å². The van der Waals surface area contributed by atoms with Crippen LogP contribution in [0.25, 0.3) is 0 Å². The van der Waals surface area contributed by atoms with E-state index in [1.807, 2.05) is 0 Å². The van der Waals surface area contributed by atoms with Gasteiger partial charge in [0.25, 0.3) is 0 Å². The average molecular weight is 229 g/mol. The third kappa shape index (κ3) is 3.70. The van der Waals surface area contributed by atoms with E-state index >= 15 is 0 Å². The first kappa shape index (κ1) is 13.9. The van der Waals surface area contributed by atoms with Crippen LogP contribution in [0.3, 0.4) is 0 Å². The zero-order chi connectivity index (χ0) is 12.1. The Morgan fingerprint density at radius 1 is 1.19 bits per heavy atom. The quantitative estimate of drug-likeness (QED) is 0.711. The van der Waals surface area contributed by atoms with Gasteiger partial charge in [-0.1, -0.05) is 13.8 Å². The fourth-order valence-corrected chi connectivity index (χ4v) is 2.32. The summed E-state index contributed by atoms with van der Waals surface area (Å²) in [5.74, 6) is 0.415. The number of hydrogen-bond acceptors (Lipinski definition) is 4. The molecule has 4 nitrogen and oxygen atoms in total. The summed E-state index contributed by atoms with van der Waals surface area (Å²) in [5, 5.41) is 9.52. The van der Waals surface area contributed by atoms with E-state index in [2.05, 4.69) is 30.7 Å². The zero-order valence-corrected chi connectivity index (χ0v) is 10.9. The molecule has 1 fully saturated rings. The Labute approximate surface area is 99.4 Å². The van der Waals surface area contributed by atoms with Crippen LogP contribution in [-0.4, -0.2) is 66.8 Å². The summed E-state index contributed by atoms with van der Waals surface area (Å²) in [4.78, 5) is 4.70. The summed E-state index contributed by atoms with van der Waals surface area (Å²) in [6.07, 6.45) is 1.16. The average Bonchev–Trinajstić information content (AvgIpc) is 2.45. The van der Waals surface area contributed by atoms with E-state index in [1.54, 1.807) is 0 Å². The number of rotatable bonds is 4. The van der Waals surface area contributed by atoms with E-state index in [4.69, 9.17) is 5.73 Å². The molecule has 0 aliphatic carbocycles. The molecule has 1 heterocycles. The molecule has 0 bridgehead atoms. The van der Waals surface area contributed by atoms with E-state index in [1.165, 1.54) is 0 Å². The Bertz CT molecular complexity index is 199. The van der Waals surface area contributed by atoms with Crippen LogP contribution in [0.1, 0.15) is 20.3 Å². The van der Waals surface area contributed by atoms with Crippen LogP contribution in [-0.2, 0) is 0 Å². The zero-order valence-electron chi connectivity index (χ0n) is 10.9. The van der Waals surface area contributed by atoms with Gasteiger partial charge in [0.05, 0.1) is 6.61 Å². The molecule has 2 unspecified atom stereocenters. The summed E-state index contributed by atoms with van der Waals surface area (Å²) in [6, 6.07) is 0.180. The molecule has 1 saturated heterocycles. The smallest absolute Gasteiger partial charge is 0.0602 e. The van der Waals surface area contributed by atoms with Crippen LogP contribution < -0.4 is 5.73 Å². The minimum Gasteiger partial charge on any atom is -0.395 e. The molecule has 1 aliphatic rings.